The summed E-state index contributed by atoms with van der Waals surface area (Å²) >= 11 is 1.49. The Bertz CT molecular complexity index is 1070. The van der Waals surface area contributed by atoms with Crippen LogP contribution in [0.25, 0.3) is 5.78 Å². The maximum absolute atomic E-state index is 13.6. The third-order valence-electron chi connectivity index (χ3n) is 5.87. The molecule has 0 N–H and O–H groups in total. The lowest BCUT2D eigenvalue weighted by Crippen LogP contribution is -2.47. The minimum absolute atomic E-state index is 0.119. The Morgan fingerprint density at radius 1 is 1.24 bits per heavy atom. The summed E-state index contributed by atoms with van der Waals surface area (Å²) in [5.41, 5.74) is 5.01. The van der Waals surface area contributed by atoms with E-state index in [1.54, 1.807) is 4.52 Å². The predicted molar refractivity (Wildman–Crippen MR) is 117 cm³/mol. The minimum atomic E-state index is 0.119. The van der Waals surface area contributed by atoms with Gasteiger partial charge in [0.15, 0.2) is 0 Å². The number of hydrogen-bond donors (Lipinski definition) is 0. The van der Waals surface area contributed by atoms with Crippen molar-refractivity contribution in [1.29, 1.82) is 0 Å². The molecular weight excluding hydrogens is 382 g/mol. The highest BCUT2D eigenvalue weighted by atomic mass is 32.2. The number of benzene rings is 1. The molecule has 3 heterocycles. The average Bonchev–Trinajstić information content (AvgIpc) is 3.13. The summed E-state index contributed by atoms with van der Waals surface area (Å²) in [6.45, 7) is 8.34. The minimum Gasteiger partial charge on any atom is -0.309 e. The second-order valence-corrected chi connectivity index (χ2v) is 8.76. The van der Waals surface area contributed by atoms with Crippen LogP contribution in [0.1, 0.15) is 42.8 Å². The van der Waals surface area contributed by atoms with Crippen LogP contribution < -0.4 is 4.90 Å². The molecule has 7 heteroatoms. The van der Waals surface area contributed by atoms with E-state index in [-0.39, 0.29) is 11.9 Å². The first-order chi connectivity index (χ1) is 13.9. The van der Waals surface area contributed by atoms with Gasteiger partial charge in [0.25, 0.3) is 5.78 Å². The summed E-state index contributed by atoms with van der Waals surface area (Å²) in [5, 5.41) is 5.20. The van der Waals surface area contributed by atoms with E-state index in [0.717, 1.165) is 35.5 Å². The zero-order valence-electron chi connectivity index (χ0n) is 17.6. The molecule has 0 unspecified atom stereocenters. The van der Waals surface area contributed by atoms with E-state index in [0.29, 0.717) is 23.3 Å². The van der Waals surface area contributed by atoms with Crippen molar-refractivity contribution in [2.45, 2.75) is 58.2 Å². The van der Waals surface area contributed by atoms with Gasteiger partial charge in [0.05, 0.1) is 6.42 Å². The van der Waals surface area contributed by atoms with Crippen LogP contribution in [-0.2, 0) is 17.6 Å². The molecule has 4 rings (SSSR count). The van der Waals surface area contributed by atoms with E-state index in [1.165, 1.54) is 17.3 Å². The molecule has 0 spiro atoms. The van der Waals surface area contributed by atoms with Crippen LogP contribution >= 0.6 is 11.8 Å². The molecule has 0 fully saturated rings. The fourth-order valence-corrected chi connectivity index (χ4v) is 4.62. The topological polar surface area (TPSA) is 63.4 Å². The number of fused-ring (bicyclic) bond motifs is 2. The lowest BCUT2D eigenvalue weighted by atomic mass is 9.88. The highest BCUT2D eigenvalue weighted by Gasteiger charge is 2.33. The first kappa shape index (κ1) is 19.9. The van der Waals surface area contributed by atoms with Crippen LogP contribution in [0.15, 0.2) is 29.4 Å². The van der Waals surface area contributed by atoms with E-state index < -0.39 is 0 Å². The summed E-state index contributed by atoms with van der Waals surface area (Å²) in [6, 6.07) is 8.49. The zero-order valence-corrected chi connectivity index (χ0v) is 18.5. The number of thioether (sulfide) groups is 1. The predicted octanol–water partition coefficient (Wildman–Crippen LogP) is 4.01. The first-order valence-corrected chi connectivity index (χ1v) is 11.3. The van der Waals surface area contributed by atoms with E-state index in [9.17, 15) is 4.79 Å². The molecule has 29 heavy (non-hydrogen) atoms. The lowest BCUT2D eigenvalue weighted by Gasteiger charge is -2.39. The summed E-state index contributed by atoms with van der Waals surface area (Å²) in [4.78, 5) is 24.7. The van der Waals surface area contributed by atoms with Gasteiger partial charge in [-0.05, 0) is 50.5 Å². The van der Waals surface area contributed by atoms with Crippen LogP contribution in [0, 0.1) is 19.8 Å². The van der Waals surface area contributed by atoms with Crippen molar-refractivity contribution in [3.63, 3.8) is 0 Å². The fourth-order valence-electron chi connectivity index (χ4n) is 4.29. The highest BCUT2D eigenvalue weighted by Crippen LogP contribution is 2.34. The molecule has 0 saturated carbocycles. The fraction of sp³-hybridized carbons (Fsp3) is 0.455. The van der Waals surface area contributed by atoms with Gasteiger partial charge < -0.3 is 4.90 Å². The molecule has 0 saturated heterocycles. The van der Waals surface area contributed by atoms with Gasteiger partial charge in [0, 0.05) is 28.7 Å². The first-order valence-electron chi connectivity index (χ1n) is 10.1. The number of carbonyl (C=O) groups is 1. The monoisotopic (exact) mass is 409 g/mol. The molecule has 3 aromatic rings. The Morgan fingerprint density at radius 2 is 2.00 bits per heavy atom. The molecule has 1 amide bonds. The second kappa shape index (κ2) is 7.78. The van der Waals surface area contributed by atoms with Gasteiger partial charge in [0.1, 0.15) is 0 Å². The molecule has 1 aliphatic rings. The lowest BCUT2D eigenvalue weighted by molar-refractivity contribution is -0.118. The number of hydrogen-bond acceptors (Lipinski definition) is 5. The van der Waals surface area contributed by atoms with Crippen LogP contribution in [0.4, 0.5) is 5.69 Å². The summed E-state index contributed by atoms with van der Waals surface area (Å²) < 4.78 is 1.76. The molecule has 152 valence electrons. The normalized spacial score (nSPS) is 16.5. The quantitative estimate of drug-likeness (QED) is 0.609. The second-order valence-electron chi connectivity index (χ2n) is 7.99. The molecule has 1 atom stereocenters. The number of aromatic nitrogens is 4. The van der Waals surface area contributed by atoms with Gasteiger partial charge in [-0.3, -0.25) is 4.79 Å². The molecule has 1 aromatic carbocycles. The SMILES string of the molecule is CSc1nc2nc(C)c(CC(=O)N3c4ccccc4CC[C@H]3C(C)C)c(C)n2n1. The average molecular weight is 410 g/mol. The molecule has 0 bridgehead atoms. The molecule has 0 radical (unpaired) electrons. The maximum Gasteiger partial charge on any atom is 0.253 e. The van der Waals surface area contributed by atoms with Gasteiger partial charge >= 0.3 is 0 Å². The van der Waals surface area contributed by atoms with Crippen molar-refractivity contribution in [2.24, 2.45) is 5.92 Å². The van der Waals surface area contributed by atoms with Crippen molar-refractivity contribution in [2.75, 3.05) is 11.2 Å². The van der Waals surface area contributed by atoms with Crippen molar-refractivity contribution < 1.29 is 4.79 Å². The van der Waals surface area contributed by atoms with E-state index >= 15 is 0 Å². The Labute approximate surface area is 175 Å². The number of rotatable bonds is 4. The van der Waals surface area contributed by atoms with Gasteiger partial charge in [-0.15, -0.1) is 5.10 Å². The highest BCUT2D eigenvalue weighted by molar-refractivity contribution is 7.98. The smallest absolute Gasteiger partial charge is 0.253 e. The van der Waals surface area contributed by atoms with Crippen molar-refractivity contribution in [3.05, 3.63) is 46.8 Å². The van der Waals surface area contributed by atoms with Crippen molar-refractivity contribution >= 4 is 29.1 Å². The summed E-state index contributed by atoms with van der Waals surface area (Å²) in [7, 11) is 0. The molecule has 6 nitrogen and oxygen atoms in total. The van der Waals surface area contributed by atoms with Crippen molar-refractivity contribution in [1.82, 2.24) is 19.6 Å². The molecule has 1 aliphatic heterocycles. The molecule has 0 aliphatic carbocycles. The standard InChI is InChI=1S/C22H27N5OS/c1-13(2)18-11-10-16-8-6-7-9-19(16)26(18)20(28)12-17-14(3)23-21-24-22(29-5)25-27(21)15(17)4/h6-9,13,18H,10-12H2,1-5H3/t18-/m0/s1. The van der Waals surface area contributed by atoms with Crippen LogP contribution in [0.5, 0.6) is 0 Å². The Kier molecular flexibility index (Phi) is 5.34. The van der Waals surface area contributed by atoms with E-state index in [2.05, 4.69) is 47.1 Å². The van der Waals surface area contributed by atoms with Crippen molar-refractivity contribution in [3.8, 4) is 0 Å². The Morgan fingerprint density at radius 3 is 2.72 bits per heavy atom. The van der Waals surface area contributed by atoms with Gasteiger partial charge in [-0.2, -0.15) is 4.98 Å². The molecule has 2 aromatic heterocycles. The maximum atomic E-state index is 13.6. The number of amides is 1. The molecular formula is C22H27N5OS. The van der Waals surface area contributed by atoms with Crippen LogP contribution in [0.2, 0.25) is 0 Å². The van der Waals surface area contributed by atoms with Crippen LogP contribution in [-0.4, -0.2) is 37.8 Å². The Balaban J connectivity index is 1.73. The Hall–Kier alpha value is -2.41. The zero-order chi connectivity index (χ0) is 20.7. The third-order valence-corrected chi connectivity index (χ3v) is 6.41. The van der Waals surface area contributed by atoms with Crippen LogP contribution in [0.3, 0.4) is 0 Å². The van der Waals surface area contributed by atoms with Gasteiger partial charge in [-0.1, -0.05) is 43.8 Å². The number of anilines is 1. The van der Waals surface area contributed by atoms with E-state index in [4.69, 9.17) is 0 Å². The number of para-hydroxylation sites is 1. The number of nitrogens with zero attached hydrogens (tertiary/aromatic N) is 5. The third kappa shape index (κ3) is 3.52. The largest absolute Gasteiger partial charge is 0.309 e. The number of carbonyl (C=O) groups excluding carboxylic acids is 1. The van der Waals surface area contributed by atoms with Gasteiger partial charge in [0.2, 0.25) is 11.1 Å². The summed E-state index contributed by atoms with van der Waals surface area (Å²) in [6.07, 6.45) is 4.27. The number of aryl methyl sites for hydroxylation is 3. The van der Waals surface area contributed by atoms with Gasteiger partial charge in [-0.25, -0.2) is 9.50 Å². The van der Waals surface area contributed by atoms with E-state index in [1.807, 2.05) is 31.1 Å². The summed E-state index contributed by atoms with van der Waals surface area (Å²) in [5.74, 6) is 1.10.